The van der Waals surface area contributed by atoms with Crippen molar-refractivity contribution in [2.24, 2.45) is 0 Å². The molecule has 1 aliphatic heterocycles. The highest BCUT2D eigenvalue weighted by Gasteiger charge is 2.22. The molecule has 3 N–H and O–H groups in total. The first kappa shape index (κ1) is 23.1. The standard InChI is InChI=1S/C24H29ClN6O2/c1-24(2,3)21-12-19(31(29-21)18-6-4-5-16(25)11-18)14-27-23(33)28-17-7-8-22(26-13-17)30-10-9-20(32)15-30/h4-8,11-13,20,32H,9-10,14-15H2,1-3H3,(H2,27,28,33)/t20-/m0/s1. The molecule has 1 aliphatic rings. The van der Waals surface area contributed by atoms with Crippen LogP contribution in [0, 0.1) is 0 Å². The predicted octanol–water partition coefficient (Wildman–Crippen LogP) is 4.11. The molecular weight excluding hydrogens is 440 g/mol. The van der Waals surface area contributed by atoms with Crippen LogP contribution in [-0.2, 0) is 12.0 Å². The molecule has 3 aromatic rings. The van der Waals surface area contributed by atoms with Crippen LogP contribution in [0.5, 0.6) is 0 Å². The second kappa shape index (κ2) is 9.41. The van der Waals surface area contributed by atoms with Crippen LogP contribution in [0.1, 0.15) is 38.6 Å². The number of urea groups is 1. The first-order chi connectivity index (χ1) is 15.7. The van der Waals surface area contributed by atoms with Gasteiger partial charge in [-0.25, -0.2) is 14.5 Å². The molecule has 1 atom stereocenters. The predicted molar refractivity (Wildman–Crippen MR) is 130 cm³/mol. The number of carbonyl (C=O) groups is 1. The third-order valence-electron chi connectivity index (χ3n) is 5.53. The van der Waals surface area contributed by atoms with Crippen LogP contribution in [-0.4, -0.2) is 45.1 Å². The average Bonchev–Trinajstić information content (AvgIpc) is 3.39. The van der Waals surface area contributed by atoms with E-state index < -0.39 is 0 Å². The van der Waals surface area contributed by atoms with E-state index in [2.05, 4.69) is 36.4 Å². The Bertz CT molecular complexity index is 1120. The monoisotopic (exact) mass is 468 g/mol. The summed E-state index contributed by atoms with van der Waals surface area (Å²) in [6, 6.07) is 12.8. The van der Waals surface area contributed by atoms with Crippen LogP contribution in [0.3, 0.4) is 0 Å². The largest absolute Gasteiger partial charge is 0.391 e. The third kappa shape index (κ3) is 5.64. The number of aliphatic hydroxyl groups excluding tert-OH is 1. The lowest BCUT2D eigenvalue weighted by Crippen LogP contribution is -2.29. The van der Waals surface area contributed by atoms with Gasteiger partial charge in [-0.2, -0.15) is 5.10 Å². The van der Waals surface area contributed by atoms with Gasteiger partial charge >= 0.3 is 6.03 Å². The van der Waals surface area contributed by atoms with Crippen molar-refractivity contribution in [3.05, 3.63) is 65.1 Å². The van der Waals surface area contributed by atoms with Gasteiger partial charge in [0.05, 0.1) is 41.6 Å². The van der Waals surface area contributed by atoms with Crippen molar-refractivity contribution in [1.29, 1.82) is 0 Å². The zero-order valence-corrected chi connectivity index (χ0v) is 19.8. The van der Waals surface area contributed by atoms with Gasteiger partial charge in [0.15, 0.2) is 0 Å². The van der Waals surface area contributed by atoms with E-state index in [4.69, 9.17) is 16.7 Å². The van der Waals surface area contributed by atoms with Crippen LogP contribution < -0.4 is 15.5 Å². The molecule has 1 saturated heterocycles. The zero-order valence-electron chi connectivity index (χ0n) is 19.0. The van der Waals surface area contributed by atoms with Crippen molar-refractivity contribution >= 4 is 29.1 Å². The first-order valence-corrected chi connectivity index (χ1v) is 11.4. The van der Waals surface area contributed by atoms with E-state index in [0.29, 0.717) is 23.8 Å². The number of aromatic nitrogens is 3. The fourth-order valence-corrected chi connectivity index (χ4v) is 3.87. The Morgan fingerprint density at radius 1 is 1.24 bits per heavy atom. The molecule has 1 fully saturated rings. The lowest BCUT2D eigenvalue weighted by atomic mass is 9.92. The highest BCUT2D eigenvalue weighted by molar-refractivity contribution is 6.30. The molecule has 33 heavy (non-hydrogen) atoms. The summed E-state index contributed by atoms with van der Waals surface area (Å²) in [6.45, 7) is 7.94. The summed E-state index contributed by atoms with van der Waals surface area (Å²) < 4.78 is 1.81. The van der Waals surface area contributed by atoms with Gasteiger partial charge in [0.1, 0.15) is 5.82 Å². The Kier molecular flexibility index (Phi) is 6.58. The second-order valence-electron chi connectivity index (χ2n) is 9.26. The fraction of sp³-hybridized carbons (Fsp3) is 0.375. The maximum atomic E-state index is 12.5. The number of amides is 2. The summed E-state index contributed by atoms with van der Waals surface area (Å²) >= 11 is 6.18. The van der Waals surface area contributed by atoms with Crippen molar-refractivity contribution in [3.8, 4) is 5.69 Å². The molecule has 0 bridgehead atoms. The van der Waals surface area contributed by atoms with Gasteiger partial charge in [-0.1, -0.05) is 38.4 Å². The number of aliphatic hydroxyl groups is 1. The number of nitrogens with one attached hydrogen (secondary N) is 2. The van der Waals surface area contributed by atoms with Crippen molar-refractivity contribution in [3.63, 3.8) is 0 Å². The minimum absolute atomic E-state index is 0.139. The minimum atomic E-state index is -0.336. The summed E-state index contributed by atoms with van der Waals surface area (Å²) in [5.41, 5.74) is 3.06. The van der Waals surface area contributed by atoms with Crippen molar-refractivity contribution in [2.75, 3.05) is 23.3 Å². The molecule has 3 heterocycles. The van der Waals surface area contributed by atoms with Crippen LogP contribution in [0.15, 0.2) is 48.7 Å². The van der Waals surface area contributed by atoms with Crippen molar-refractivity contribution in [1.82, 2.24) is 20.1 Å². The molecule has 0 radical (unpaired) electrons. The quantitative estimate of drug-likeness (QED) is 0.523. The molecule has 0 spiro atoms. The summed E-state index contributed by atoms with van der Waals surface area (Å²) in [6.07, 6.45) is 2.05. The van der Waals surface area contributed by atoms with E-state index in [-0.39, 0.29) is 17.6 Å². The average molecular weight is 469 g/mol. The van der Waals surface area contributed by atoms with E-state index in [0.717, 1.165) is 35.9 Å². The molecular formula is C24H29ClN6O2. The van der Waals surface area contributed by atoms with Gasteiger partial charge in [0.25, 0.3) is 0 Å². The number of nitrogens with zero attached hydrogens (tertiary/aromatic N) is 4. The molecule has 9 heteroatoms. The van der Waals surface area contributed by atoms with Gasteiger partial charge in [0.2, 0.25) is 0 Å². The lowest BCUT2D eigenvalue weighted by Gasteiger charge is -2.16. The van der Waals surface area contributed by atoms with E-state index >= 15 is 0 Å². The molecule has 0 unspecified atom stereocenters. The normalized spacial score (nSPS) is 16.2. The highest BCUT2D eigenvalue weighted by Crippen LogP contribution is 2.25. The molecule has 1 aromatic carbocycles. The second-order valence-corrected chi connectivity index (χ2v) is 9.70. The number of benzene rings is 1. The molecule has 8 nitrogen and oxygen atoms in total. The third-order valence-corrected chi connectivity index (χ3v) is 5.76. The maximum absolute atomic E-state index is 12.5. The van der Waals surface area contributed by atoms with Crippen molar-refractivity contribution < 1.29 is 9.90 Å². The molecule has 174 valence electrons. The summed E-state index contributed by atoms with van der Waals surface area (Å²) in [5, 5.41) is 20.8. The fourth-order valence-electron chi connectivity index (χ4n) is 3.69. The highest BCUT2D eigenvalue weighted by atomic mass is 35.5. The lowest BCUT2D eigenvalue weighted by molar-refractivity contribution is 0.198. The number of hydrogen-bond donors (Lipinski definition) is 3. The Labute approximate surface area is 198 Å². The van der Waals surface area contributed by atoms with Crippen LogP contribution >= 0.6 is 11.6 Å². The molecule has 2 aromatic heterocycles. The first-order valence-electron chi connectivity index (χ1n) is 11.0. The van der Waals surface area contributed by atoms with Gasteiger partial charge in [0, 0.05) is 23.5 Å². The number of anilines is 2. The Morgan fingerprint density at radius 3 is 2.70 bits per heavy atom. The molecule has 0 aliphatic carbocycles. The van der Waals surface area contributed by atoms with E-state index in [1.807, 2.05) is 46.0 Å². The topological polar surface area (TPSA) is 95.3 Å². The van der Waals surface area contributed by atoms with Gasteiger partial charge in [-0.05, 0) is 42.8 Å². The van der Waals surface area contributed by atoms with E-state index in [1.54, 1.807) is 12.3 Å². The van der Waals surface area contributed by atoms with Gasteiger partial charge in [-0.3, -0.25) is 0 Å². The van der Waals surface area contributed by atoms with Crippen LogP contribution in [0.2, 0.25) is 5.02 Å². The Balaban J connectivity index is 1.43. The number of hydrogen-bond acceptors (Lipinski definition) is 5. The smallest absolute Gasteiger partial charge is 0.319 e. The Morgan fingerprint density at radius 2 is 2.06 bits per heavy atom. The van der Waals surface area contributed by atoms with Gasteiger partial charge < -0.3 is 20.6 Å². The summed E-state index contributed by atoms with van der Waals surface area (Å²) in [4.78, 5) is 19.0. The van der Waals surface area contributed by atoms with Crippen molar-refractivity contribution in [2.45, 2.75) is 45.3 Å². The maximum Gasteiger partial charge on any atom is 0.319 e. The number of carbonyl (C=O) groups excluding carboxylic acids is 1. The number of β-amino-alcohol motifs (C(OH)–C–C–N with tert-alkyl or cyclic N) is 1. The summed E-state index contributed by atoms with van der Waals surface area (Å²) in [5.74, 6) is 0.789. The Hall–Kier alpha value is -3.10. The molecule has 2 amide bonds. The SMILES string of the molecule is CC(C)(C)c1cc(CNC(=O)Nc2ccc(N3CC[C@H](O)C3)nc2)n(-c2cccc(Cl)c2)n1. The number of rotatable bonds is 5. The summed E-state index contributed by atoms with van der Waals surface area (Å²) in [7, 11) is 0. The number of pyridine rings is 1. The van der Waals surface area contributed by atoms with Gasteiger partial charge in [-0.15, -0.1) is 0 Å². The molecule has 4 rings (SSSR count). The zero-order chi connectivity index (χ0) is 23.6. The minimum Gasteiger partial charge on any atom is -0.391 e. The van der Waals surface area contributed by atoms with Crippen LogP contribution in [0.25, 0.3) is 5.69 Å². The number of halogens is 1. The van der Waals surface area contributed by atoms with Crippen LogP contribution in [0.4, 0.5) is 16.3 Å². The van der Waals surface area contributed by atoms with E-state index in [1.165, 1.54) is 0 Å². The van der Waals surface area contributed by atoms with E-state index in [9.17, 15) is 9.90 Å². The molecule has 0 saturated carbocycles.